The number of nitriles is 1. The van der Waals surface area contributed by atoms with Gasteiger partial charge in [0.15, 0.2) is 0 Å². The lowest BCUT2D eigenvalue weighted by atomic mass is 9.56. The van der Waals surface area contributed by atoms with Gasteiger partial charge in [0.25, 0.3) is 0 Å². The summed E-state index contributed by atoms with van der Waals surface area (Å²) in [6.07, 6.45) is 23.4. The number of aryl methyl sites for hydroxylation is 1. The van der Waals surface area contributed by atoms with Crippen LogP contribution in [0.5, 0.6) is 0 Å². The number of unbranched alkanes of at least 4 members (excludes halogenated alkanes) is 3. The first-order chi connectivity index (χ1) is 15.2. The van der Waals surface area contributed by atoms with Crippen LogP contribution in [0.1, 0.15) is 134 Å². The largest absolute Gasteiger partial charge is 0.198 e. The van der Waals surface area contributed by atoms with E-state index in [0.29, 0.717) is 5.41 Å². The van der Waals surface area contributed by atoms with E-state index in [-0.39, 0.29) is 11.3 Å². The molecule has 1 atom stereocenters. The maximum atomic E-state index is 10.5. The van der Waals surface area contributed by atoms with E-state index in [1.54, 1.807) is 0 Å². The van der Waals surface area contributed by atoms with Gasteiger partial charge in [0, 0.05) is 5.41 Å². The Kier molecular flexibility index (Phi) is 9.49. The molecule has 0 aromatic heterocycles. The Bertz CT molecular complexity index is 667. The Hall–Kier alpha value is -1.29. The molecule has 0 aliphatic heterocycles. The highest BCUT2D eigenvalue weighted by atomic mass is 14.5. The minimum absolute atomic E-state index is 0.0888. The first-order valence-corrected chi connectivity index (χ1v) is 13.7. The molecule has 1 aromatic carbocycles. The van der Waals surface area contributed by atoms with Crippen LogP contribution in [0.25, 0.3) is 0 Å². The van der Waals surface area contributed by atoms with Crippen molar-refractivity contribution in [3.63, 3.8) is 0 Å². The molecule has 0 N–H and O–H groups in total. The quantitative estimate of drug-likeness (QED) is 0.326. The van der Waals surface area contributed by atoms with Gasteiger partial charge in [-0.3, -0.25) is 0 Å². The Morgan fingerprint density at radius 3 is 2.00 bits per heavy atom. The van der Waals surface area contributed by atoms with Crippen LogP contribution in [-0.2, 0) is 11.8 Å². The van der Waals surface area contributed by atoms with E-state index in [2.05, 4.69) is 44.2 Å². The molecular weight excluding hydrogens is 374 g/mol. The van der Waals surface area contributed by atoms with Crippen LogP contribution in [0.2, 0.25) is 0 Å². The van der Waals surface area contributed by atoms with Crippen molar-refractivity contribution in [2.45, 2.75) is 135 Å². The molecule has 0 radical (unpaired) electrons. The van der Waals surface area contributed by atoms with Crippen LogP contribution in [0.4, 0.5) is 0 Å². The monoisotopic (exact) mass is 421 g/mol. The average molecular weight is 422 g/mol. The third-order valence-corrected chi connectivity index (χ3v) is 8.78. The molecule has 0 saturated heterocycles. The molecule has 1 unspecified atom stereocenters. The van der Waals surface area contributed by atoms with E-state index in [4.69, 9.17) is 0 Å². The maximum Gasteiger partial charge on any atom is 0.0665 e. The summed E-state index contributed by atoms with van der Waals surface area (Å²) in [6.45, 7) is 4.58. The lowest BCUT2D eigenvalue weighted by molar-refractivity contribution is 0.0968. The molecule has 0 spiro atoms. The molecule has 2 saturated carbocycles. The van der Waals surface area contributed by atoms with E-state index in [9.17, 15) is 5.26 Å². The molecule has 0 bridgehead atoms. The van der Waals surface area contributed by atoms with Gasteiger partial charge in [-0.15, -0.1) is 0 Å². The van der Waals surface area contributed by atoms with E-state index in [1.807, 2.05) is 0 Å². The fourth-order valence-electron chi connectivity index (χ4n) is 6.81. The Morgan fingerprint density at radius 2 is 1.42 bits per heavy atom. The van der Waals surface area contributed by atoms with Gasteiger partial charge in [-0.1, -0.05) is 102 Å². The molecule has 31 heavy (non-hydrogen) atoms. The molecule has 2 fully saturated rings. The molecule has 1 nitrogen and oxygen atoms in total. The normalized spacial score (nSPS) is 21.3. The van der Waals surface area contributed by atoms with E-state index in [0.717, 1.165) is 6.42 Å². The van der Waals surface area contributed by atoms with Crippen molar-refractivity contribution < 1.29 is 0 Å². The van der Waals surface area contributed by atoms with E-state index >= 15 is 0 Å². The second-order valence-electron chi connectivity index (χ2n) is 10.9. The fraction of sp³-hybridized carbons (Fsp3) is 0.767. The van der Waals surface area contributed by atoms with E-state index in [1.165, 1.54) is 120 Å². The van der Waals surface area contributed by atoms with E-state index < -0.39 is 0 Å². The van der Waals surface area contributed by atoms with Gasteiger partial charge < -0.3 is 0 Å². The van der Waals surface area contributed by atoms with Crippen LogP contribution in [0.15, 0.2) is 24.3 Å². The van der Waals surface area contributed by atoms with Crippen molar-refractivity contribution in [1.29, 1.82) is 5.26 Å². The van der Waals surface area contributed by atoms with Crippen LogP contribution in [0, 0.1) is 22.7 Å². The summed E-state index contributed by atoms with van der Waals surface area (Å²) < 4.78 is 0. The summed E-state index contributed by atoms with van der Waals surface area (Å²) in [7, 11) is 0. The third kappa shape index (κ3) is 6.15. The lowest BCUT2D eigenvalue weighted by Gasteiger charge is -2.47. The van der Waals surface area contributed by atoms with Gasteiger partial charge in [0.2, 0.25) is 0 Å². The third-order valence-electron chi connectivity index (χ3n) is 8.78. The predicted octanol–water partition coefficient (Wildman–Crippen LogP) is 9.29. The standard InChI is InChI=1S/C30H47N/c1-3-5-9-19-29(20-10-7-11-21-29)24-28(25-31)30(22-12-8-13-23-30)27-17-15-26(16-18-27)14-6-4-2/h15-18,28H,3-14,19-24H2,1-2H3. The molecule has 0 heterocycles. The summed E-state index contributed by atoms with van der Waals surface area (Å²) in [5.41, 5.74) is 3.46. The zero-order valence-corrected chi connectivity index (χ0v) is 20.6. The summed E-state index contributed by atoms with van der Waals surface area (Å²) in [5.74, 6) is 0.175. The van der Waals surface area contributed by atoms with Gasteiger partial charge >= 0.3 is 0 Å². The smallest absolute Gasteiger partial charge is 0.0665 e. The van der Waals surface area contributed by atoms with Crippen molar-refractivity contribution in [3.05, 3.63) is 35.4 Å². The number of benzene rings is 1. The van der Waals surface area contributed by atoms with Gasteiger partial charge in [-0.05, 0) is 67.9 Å². The first-order valence-electron chi connectivity index (χ1n) is 13.7. The summed E-state index contributed by atoms with van der Waals surface area (Å²) in [5, 5.41) is 10.5. The van der Waals surface area contributed by atoms with Crippen molar-refractivity contribution in [1.82, 2.24) is 0 Å². The zero-order valence-electron chi connectivity index (χ0n) is 20.6. The maximum absolute atomic E-state index is 10.5. The first kappa shape index (κ1) is 24.4. The summed E-state index contributed by atoms with van der Waals surface area (Å²) >= 11 is 0. The fourth-order valence-corrected chi connectivity index (χ4v) is 6.81. The molecule has 1 heteroatoms. The van der Waals surface area contributed by atoms with Crippen LogP contribution in [-0.4, -0.2) is 0 Å². The van der Waals surface area contributed by atoms with Gasteiger partial charge in [-0.25, -0.2) is 0 Å². The molecule has 0 amide bonds. The van der Waals surface area contributed by atoms with Crippen molar-refractivity contribution >= 4 is 0 Å². The molecular formula is C30H47N. The Morgan fingerprint density at radius 1 is 0.806 bits per heavy atom. The second-order valence-corrected chi connectivity index (χ2v) is 10.9. The van der Waals surface area contributed by atoms with Crippen LogP contribution >= 0.6 is 0 Å². The predicted molar refractivity (Wildman–Crippen MR) is 133 cm³/mol. The highest BCUT2D eigenvalue weighted by Gasteiger charge is 2.45. The highest BCUT2D eigenvalue weighted by Crippen LogP contribution is 2.53. The summed E-state index contributed by atoms with van der Waals surface area (Å²) in [6, 6.07) is 12.5. The van der Waals surface area contributed by atoms with Gasteiger partial charge in [0.1, 0.15) is 0 Å². The van der Waals surface area contributed by atoms with Crippen molar-refractivity contribution in [3.8, 4) is 6.07 Å². The molecule has 2 aliphatic carbocycles. The second kappa shape index (κ2) is 12.1. The van der Waals surface area contributed by atoms with Gasteiger partial charge in [-0.2, -0.15) is 5.26 Å². The van der Waals surface area contributed by atoms with Crippen LogP contribution in [0.3, 0.4) is 0 Å². The Balaban J connectivity index is 1.85. The molecule has 1 aromatic rings. The lowest BCUT2D eigenvalue weighted by Crippen LogP contribution is -2.40. The Labute approximate surface area is 193 Å². The zero-order chi connectivity index (χ0) is 22.0. The van der Waals surface area contributed by atoms with Crippen molar-refractivity contribution in [2.24, 2.45) is 11.3 Å². The minimum atomic E-state index is 0.0888. The number of nitrogens with zero attached hydrogens (tertiary/aromatic N) is 1. The summed E-state index contributed by atoms with van der Waals surface area (Å²) in [4.78, 5) is 0. The number of hydrogen-bond acceptors (Lipinski definition) is 1. The minimum Gasteiger partial charge on any atom is -0.198 e. The van der Waals surface area contributed by atoms with Gasteiger partial charge in [0.05, 0.1) is 12.0 Å². The molecule has 3 rings (SSSR count). The molecule has 172 valence electrons. The average Bonchev–Trinajstić information content (AvgIpc) is 2.83. The number of rotatable bonds is 11. The van der Waals surface area contributed by atoms with Crippen LogP contribution < -0.4 is 0 Å². The van der Waals surface area contributed by atoms with Crippen molar-refractivity contribution in [2.75, 3.05) is 0 Å². The topological polar surface area (TPSA) is 23.8 Å². The number of hydrogen-bond donors (Lipinski definition) is 0. The SMILES string of the molecule is CCCCCC1(CC(C#N)C2(c3ccc(CCCC)cc3)CCCCC2)CCCCC1. The highest BCUT2D eigenvalue weighted by molar-refractivity contribution is 5.33. The molecule has 2 aliphatic rings.